The number of rotatable bonds is 3. The van der Waals surface area contributed by atoms with E-state index in [0.29, 0.717) is 0 Å². The highest BCUT2D eigenvalue weighted by molar-refractivity contribution is 5.70. The summed E-state index contributed by atoms with van der Waals surface area (Å²) in [6.45, 7) is 7.77. The van der Waals surface area contributed by atoms with E-state index < -0.39 is 5.97 Å². The van der Waals surface area contributed by atoms with Crippen molar-refractivity contribution in [2.75, 3.05) is 26.2 Å². The summed E-state index contributed by atoms with van der Waals surface area (Å²) in [6.07, 6.45) is 1.11. The van der Waals surface area contributed by atoms with E-state index in [4.69, 9.17) is 5.11 Å². The van der Waals surface area contributed by atoms with Crippen LogP contribution in [0.1, 0.15) is 20.3 Å². The Kier molecular flexibility index (Phi) is 4.35. The molecule has 1 aliphatic rings. The Labute approximate surface area is 85.3 Å². The third kappa shape index (κ3) is 2.96. The van der Waals surface area contributed by atoms with Crippen LogP contribution < -0.4 is 5.32 Å². The molecule has 0 radical (unpaired) electrons. The van der Waals surface area contributed by atoms with Crippen LogP contribution in [0.4, 0.5) is 0 Å². The van der Waals surface area contributed by atoms with Crippen LogP contribution in [0.15, 0.2) is 0 Å². The van der Waals surface area contributed by atoms with Gasteiger partial charge in [-0.05, 0) is 26.4 Å². The molecule has 82 valence electrons. The monoisotopic (exact) mass is 200 g/mol. The van der Waals surface area contributed by atoms with Gasteiger partial charge in [-0.2, -0.15) is 0 Å². The third-order valence-corrected chi connectivity index (χ3v) is 3.06. The standard InChI is InChI=1S/C10H20N2O2/c1-8(10(13)14)9(2)12-6-3-4-11-5-7-12/h8-9,11H,3-7H2,1-2H3,(H,13,14). The fourth-order valence-corrected chi connectivity index (χ4v) is 1.80. The van der Waals surface area contributed by atoms with Crippen molar-refractivity contribution in [2.45, 2.75) is 26.3 Å². The van der Waals surface area contributed by atoms with Crippen LogP contribution in [0.25, 0.3) is 0 Å². The molecule has 0 saturated carbocycles. The predicted molar refractivity (Wildman–Crippen MR) is 55.3 cm³/mol. The smallest absolute Gasteiger partial charge is 0.307 e. The SMILES string of the molecule is CC(C(=O)O)C(C)N1CCCNCC1. The zero-order valence-electron chi connectivity index (χ0n) is 8.99. The second kappa shape index (κ2) is 5.32. The van der Waals surface area contributed by atoms with Crippen molar-refractivity contribution < 1.29 is 9.90 Å². The predicted octanol–water partition coefficient (Wildman–Crippen LogP) is 0.391. The van der Waals surface area contributed by atoms with Gasteiger partial charge in [0.15, 0.2) is 0 Å². The molecule has 0 aromatic carbocycles. The maximum absolute atomic E-state index is 10.8. The normalized spacial score (nSPS) is 23.9. The number of carboxylic acids is 1. The maximum Gasteiger partial charge on any atom is 0.307 e. The molecule has 1 rings (SSSR count). The van der Waals surface area contributed by atoms with Gasteiger partial charge in [0.2, 0.25) is 0 Å². The summed E-state index contributed by atoms with van der Waals surface area (Å²) in [5, 5.41) is 12.2. The van der Waals surface area contributed by atoms with Crippen molar-refractivity contribution in [2.24, 2.45) is 5.92 Å². The summed E-state index contributed by atoms with van der Waals surface area (Å²) in [6, 6.07) is 0.132. The maximum atomic E-state index is 10.8. The highest BCUT2D eigenvalue weighted by Crippen LogP contribution is 2.12. The largest absolute Gasteiger partial charge is 0.481 e. The van der Waals surface area contributed by atoms with Gasteiger partial charge in [-0.25, -0.2) is 0 Å². The number of carboxylic acid groups (broad SMARTS) is 1. The fourth-order valence-electron chi connectivity index (χ4n) is 1.80. The first-order valence-corrected chi connectivity index (χ1v) is 5.30. The molecule has 4 nitrogen and oxygen atoms in total. The molecule has 2 N–H and O–H groups in total. The van der Waals surface area contributed by atoms with Crippen LogP contribution in [0.3, 0.4) is 0 Å². The molecule has 1 heterocycles. The first-order valence-electron chi connectivity index (χ1n) is 5.30. The van der Waals surface area contributed by atoms with Gasteiger partial charge in [0.1, 0.15) is 0 Å². The fraction of sp³-hybridized carbons (Fsp3) is 0.900. The van der Waals surface area contributed by atoms with Gasteiger partial charge in [0.05, 0.1) is 5.92 Å². The first-order chi connectivity index (χ1) is 6.63. The summed E-state index contributed by atoms with van der Waals surface area (Å²) < 4.78 is 0. The Bertz CT molecular complexity index is 189. The number of nitrogens with zero attached hydrogens (tertiary/aromatic N) is 1. The van der Waals surface area contributed by atoms with Crippen molar-refractivity contribution in [3.8, 4) is 0 Å². The van der Waals surface area contributed by atoms with E-state index in [0.717, 1.165) is 32.6 Å². The summed E-state index contributed by atoms with van der Waals surface area (Å²) in [5.41, 5.74) is 0. The average Bonchev–Trinajstić information content (AvgIpc) is 2.43. The number of carbonyl (C=O) groups is 1. The molecule has 1 aliphatic heterocycles. The molecule has 2 atom stereocenters. The second-order valence-corrected chi connectivity index (χ2v) is 4.01. The van der Waals surface area contributed by atoms with E-state index in [1.807, 2.05) is 6.92 Å². The van der Waals surface area contributed by atoms with E-state index in [9.17, 15) is 4.79 Å². The van der Waals surface area contributed by atoms with Crippen LogP contribution >= 0.6 is 0 Å². The molecular formula is C10H20N2O2. The molecule has 1 saturated heterocycles. The molecule has 14 heavy (non-hydrogen) atoms. The molecule has 0 aromatic rings. The molecule has 2 unspecified atom stereocenters. The van der Waals surface area contributed by atoms with E-state index in [2.05, 4.69) is 10.2 Å². The van der Waals surface area contributed by atoms with Crippen LogP contribution in [-0.4, -0.2) is 48.2 Å². The quantitative estimate of drug-likeness (QED) is 0.692. The molecule has 1 fully saturated rings. The third-order valence-electron chi connectivity index (χ3n) is 3.06. The van der Waals surface area contributed by atoms with Crippen molar-refractivity contribution in [1.29, 1.82) is 0 Å². The number of hydrogen-bond donors (Lipinski definition) is 2. The molecule has 4 heteroatoms. The van der Waals surface area contributed by atoms with Gasteiger partial charge >= 0.3 is 5.97 Å². The van der Waals surface area contributed by atoms with E-state index >= 15 is 0 Å². The van der Waals surface area contributed by atoms with Crippen molar-refractivity contribution in [3.05, 3.63) is 0 Å². The van der Waals surface area contributed by atoms with Crippen LogP contribution in [0.2, 0.25) is 0 Å². The molecule has 0 aromatic heterocycles. The zero-order chi connectivity index (χ0) is 10.6. The van der Waals surface area contributed by atoms with Gasteiger partial charge in [0.25, 0.3) is 0 Å². The highest BCUT2D eigenvalue weighted by Gasteiger charge is 2.25. The van der Waals surface area contributed by atoms with Gasteiger partial charge in [-0.15, -0.1) is 0 Å². The molecular weight excluding hydrogens is 180 g/mol. The summed E-state index contributed by atoms with van der Waals surface area (Å²) in [7, 11) is 0. The zero-order valence-corrected chi connectivity index (χ0v) is 8.99. The van der Waals surface area contributed by atoms with Crippen molar-refractivity contribution in [1.82, 2.24) is 10.2 Å². The van der Waals surface area contributed by atoms with Crippen LogP contribution in [0.5, 0.6) is 0 Å². The van der Waals surface area contributed by atoms with Gasteiger partial charge in [-0.3, -0.25) is 9.69 Å². The van der Waals surface area contributed by atoms with Crippen LogP contribution in [-0.2, 0) is 4.79 Å². The minimum absolute atomic E-state index is 0.132. The second-order valence-electron chi connectivity index (χ2n) is 4.01. The van der Waals surface area contributed by atoms with Crippen LogP contribution in [0, 0.1) is 5.92 Å². The molecule has 0 spiro atoms. The highest BCUT2D eigenvalue weighted by atomic mass is 16.4. The lowest BCUT2D eigenvalue weighted by Gasteiger charge is -2.29. The number of aliphatic carboxylic acids is 1. The molecule has 0 bridgehead atoms. The lowest BCUT2D eigenvalue weighted by Crippen LogP contribution is -2.42. The average molecular weight is 200 g/mol. The minimum atomic E-state index is -0.699. The van der Waals surface area contributed by atoms with Gasteiger partial charge < -0.3 is 10.4 Å². The Morgan fingerprint density at radius 2 is 2.07 bits per heavy atom. The lowest BCUT2D eigenvalue weighted by molar-refractivity contribution is -0.143. The van der Waals surface area contributed by atoms with E-state index in [1.54, 1.807) is 6.92 Å². The Hall–Kier alpha value is -0.610. The Balaban J connectivity index is 2.48. The van der Waals surface area contributed by atoms with Gasteiger partial charge in [-0.1, -0.05) is 6.92 Å². The minimum Gasteiger partial charge on any atom is -0.481 e. The lowest BCUT2D eigenvalue weighted by atomic mass is 10.0. The molecule has 0 amide bonds. The molecule has 0 aliphatic carbocycles. The summed E-state index contributed by atoms with van der Waals surface area (Å²) in [4.78, 5) is 13.1. The number of nitrogens with one attached hydrogen (secondary N) is 1. The van der Waals surface area contributed by atoms with Gasteiger partial charge in [0, 0.05) is 19.1 Å². The number of hydrogen-bond acceptors (Lipinski definition) is 3. The summed E-state index contributed by atoms with van der Waals surface area (Å²) >= 11 is 0. The first kappa shape index (κ1) is 11.5. The Morgan fingerprint density at radius 3 is 2.71 bits per heavy atom. The van der Waals surface area contributed by atoms with Crippen molar-refractivity contribution in [3.63, 3.8) is 0 Å². The topological polar surface area (TPSA) is 52.6 Å². The van der Waals surface area contributed by atoms with E-state index in [-0.39, 0.29) is 12.0 Å². The Morgan fingerprint density at radius 1 is 1.36 bits per heavy atom. The summed E-state index contributed by atoms with van der Waals surface area (Å²) in [5.74, 6) is -0.984. The van der Waals surface area contributed by atoms with E-state index in [1.165, 1.54) is 0 Å². The van der Waals surface area contributed by atoms with Crippen molar-refractivity contribution >= 4 is 5.97 Å².